The van der Waals surface area contributed by atoms with Crippen LogP contribution in [0.3, 0.4) is 0 Å². The molecule has 0 spiro atoms. The van der Waals surface area contributed by atoms with Crippen LogP contribution < -0.4 is 10.2 Å². The number of nitrogens with one attached hydrogen (secondary N) is 1. The maximum absolute atomic E-state index is 14.0. The van der Waals surface area contributed by atoms with Gasteiger partial charge in [0.25, 0.3) is 11.7 Å². The molecule has 0 bridgehead atoms. The second-order valence-electron chi connectivity index (χ2n) is 5.60. The van der Waals surface area contributed by atoms with Crippen molar-refractivity contribution in [2.24, 2.45) is 0 Å². The number of halogens is 2. The SMILES string of the molecule is O=C(Nc1cc(N2CCCC2=O)ccc1F)C(=O)c1ccc(F)cc1. The molecule has 25 heavy (non-hydrogen) atoms. The van der Waals surface area contributed by atoms with Crippen LogP contribution >= 0.6 is 0 Å². The fourth-order valence-corrected chi connectivity index (χ4v) is 2.61. The summed E-state index contributed by atoms with van der Waals surface area (Å²) in [7, 11) is 0. The molecule has 1 fully saturated rings. The van der Waals surface area contributed by atoms with Crippen molar-refractivity contribution in [3.05, 3.63) is 59.7 Å². The Kier molecular flexibility index (Phi) is 4.56. The van der Waals surface area contributed by atoms with Crippen molar-refractivity contribution in [3.8, 4) is 0 Å². The van der Waals surface area contributed by atoms with Crippen molar-refractivity contribution in [2.45, 2.75) is 12.8 Å². The number of anilines is 2. The molecule has 1 aliphatic heterocycles. The Hall–Kier alpha value is -3.09. The number of hydrogen-bond donors (Lipinski definition) is 1. The van der Waals surface area contributed by atoms with Gasteiger partial charge in [0, 0.05) is 24.2 Å². The summed E-state index contributed by atoms with van der Waals surface area (Å²) >= 11 is 0. The van der Waals surface area contributed by atoms with E-state index in [4.69, 9.17) is 0 Å². The van der Waals surface area contributed by atoms with Crippen LogP contribution in [0.15, 0.2) is 42.5 Å². The van der Waals surface area contributed by atoms with E-state index >= 15 is 0 Å². The van der Waals surface area contributed by atoms with E-state index in [2.05, 4.69) is 5.32 Å². The first kappa shape index (κ1) is 16.8. The van der Waals surface area contributed by atoms with Gasteiger partial charge in [-0.25, -0.2) is 8.78 Å². The predicted molar refractivity (Wildman–Crippen MR) is 87.3 cm³/mol. The fraction of sp³-hybridized carbons (Fsp3) is 0.167. The molecule has 1 N–H and O–H groups in total. The largest absolute Gasteiger partial charge is 0.317 e. The highest BCUT2D eigenvalue weighted by Gasteiger charge is 2.23. The maximum Gasteiger partial charge on any atom is 0.296 e. The van der Waals surface area contributed by atoms with E-state index in [9.17, 15) is 23.2 Å². The van der Waals surface area contributed by atoms with Gasteiger partial charge in [0.2, 0.25) is 5.91 Å². The van der Waals surface area contributed by atoms with Gasteiger partial charge in [0.05, 0.1) is 5.69 Å². The quantitative estimate of drug-likeness (QED) is 0.685. The first-order valence-corrected chi connectivity index (χ1v) is 7.67. The van der Waals surface area contributed by atoms with Crippen LogP contribution in [0.5, 0.6) is 0 Å². The first-order valence-electron chi connectivity index (χ1n) is 7.67. The second kappa shape index (κ2) is 6.80. The molecule has 0 aliphatic carbocycles. The van der Waals surface area contributed by atoms with E-state index in [0.29, 0.717) is 25.1 Å². The summed E-state index contributed by atoms with van der Waals surface area (Å²) in [5, 5.41) is 2.21. The van der Waals surface area contributed by atoms with Gasteiger partial charge in [-0.15, -0.1) is 0 Å². The first-order chi connectivity index (χ1) is 12.0. The average molecular weight is 344 g/mol. The monoisotopic (exact) mass is 344 g/mol. The van der Waals surface area contributed by atoms with Crippen LogP contribution in [0.25, 0.3) is 0 Å². The standard InChI is InChI=1S/C18H14F2N2O3/c19-12-5-3-11(4-6-12)17(24)18(25)21-15-10-13(7-8-14(15)20)22-9-1-2-16(22)23/h3-8,10H,1-2,9H2,(H,21,25). The highest BCUT2D eigenvalue weighted by molar-refractivity contribution is 6.46. The third-order valence-corrected chi connectivity index (χ3v) is 3.90. The molecule has 0 aromatic heterocycles. The van der Waals surface area contributed by atoms with Crippen LogP contribution in [-0.4, -0.2) is 24.1 Å². The summed E-state index contributed by atoms with van der Waals surface area (Å²) in [6.07, 6.45) is 1.13. The van der Waals surface area contributed by atoms with Crippen molar-refractivity contribution in [1.82, 2.24) is 0 Å². The second-order valence-corrected chi connectivity index (χ2v) is 5.60. The molecular formula is C18H14F2N2O3. The lowest BCUT2D eigenvalue weighted by molar-refractivity contribution is -0.117. The van der Waals surface area contributed by atoms with E-state index in [-0.39, 0.29) is 17.2 Å². The molecule has 0 radical (unpaired) electrons. The molecule has 1 aliphatic rings. The van der Waals surface area contributed by atoms with Gasteiger partial charge in [-0.2, -0.15) is 0 Å². The van der Waals surface area contributed by atoms with Gasteiger partial charge in [0.15, 0.2) is 0 Å². The summed E-state index contributed by atoms with van der Waals surface area (Å²) in [6.45, 7) is 0.520. The number of amides is 2. The maximum atomic E-state index is 14.0. The zero-order valence-corrected chi connectivity index (χ0v) is 13.1. The molecule has 2 aromatic rings. The Bertz CT molecular complexity index is 850. The van der Waals surface area contributed by atoms with Crippen molar-refractivity contribution in [3.63, 3.8) is 0 Å². The Balaban J connectivity index is 1.79. The third-order valence-electron chi connectivity index (χ3n) is 3.90. The van der Waals surface area contributed by atoms with Crippen LogP contribution in [0.4, 0.5) is 20.2 Å². The number of ketones is 1. The fourth-order valence-electron chi connectivity index (χ4n) is 2.61. The lowest BCUT2D eigenvalue weighted by atomic mass is 10.1. The molecule has 5 nitrogen and oxygen atoms in total. The van der Waals surface area contributed by atoms with Gasteiger partial charge >= 0.3 is 0 Å². The minimum Gasteiger partial charge on any atom is -0.317 e. The molecule has 0 atom stereocenters. The van der Waals surface area contributed by atoms with Gasteiger partial charge < -0.3 is 10.2 Å². The zero-order valence-electron chi connectivity index (χ0n) is 13.1. The molecule has 2 aromatic carbocycles. The molecule has 1 heterocycles. The number of nitrogens with zero attached hydrogens (tertiary/aromatic N) is 1. The summed E-state index contributed by atoms with van der Waals surface area (Å²) < 4.78 is 26.8. The normalized spacial score (nSPS) is 13.8. The molecule has 128 valence electrons. The molecule has 2 amide bonds. The molecule has 0 saturated carbocycles. The van der Waals surface area contributed by atoms with Crippen molar-refractivity contribution in [2.75, 3.05) is 16.8 Å². The van der Waals surface area contributed by atoms with Crippen LogP contribution in [0, 0.1) is 11.6 Å². The number of Topliss-reactive ketones (excluding diaryl/α,β-unsaturated/α-hetero) is 1. The molecule has 0 unspecified atom stereocenters. The highest BCUT2D eigenvalue weighted by atomic mass is 19.1. The molecule has 7 heteroatoms. The summed E-state index contributed by atoms with van der Waals surface area (Å²) in [5.74, 6) is -3.30. The van der Waals surface area contributed by atoms with E-state index in [1.807, 2.05) is 0 Å². The summed E-state index contributed by atoms with van der Waals surface area (Å²) in [5.41, 5.74) is 0.247. The van der Waals surface area contributed by atoms with E-state index in [0.717, 1.165) is 18.2 Å². The molecule has 1 saturated heterocycles. The van der Waals surface area contributed by atoms with Crippen LogP contribution in [-0.2, 0) is 9.59 Å². The predicted octanol–water partition coefficient (Wildman–Crippen LogP) is 2.91. The van der Waals surface area contributed by atoms with Gasteiger partial charge in [-0.05, 0) is 48.9 Å². The third kappa shape index (κ3) is 3.55. The minimum absolute atomic E-state index is 0.00909. The number of hydrogen-bond acceptors (Lipinski definition) is 3. The Morgan fingerprint density at radius 1 is 1.04 bits per heavy atom. The Labute approximate surface area is 142 Å². The highest BCUT2D eigenvalue weighted by Crippen LogP contribution is 2.26. The van der Waals surface area contributed by atoms with E-state index < -0.39 is 23.3 Å². The van der Waals surface area contributed by atoms with Gasteiger partial charge in [-0.3, -0.25) is 14.4 Å². The van der Waals surface area contributed by atoms with E-state index in [1.165, 1.54) is 29.2 Å². The number of carbonyl (C=O) groups is 3. The average Bonchev–Trinajstić information content (AvgIpc) is 3.03. The Morgan fingerprint density at radius 2 is 1.76 bits per heavy atom. The van der Waals surface area contributed by atoms with Gasteiger partial charge in [0.1, 0.15) is 11.6 Å². The van der Waals surface area contributed by atoms with Crippen molar-refractivity contribution in [1.29, 1.82) is 0 Å². The van der Waals surface area contributed by atoms with Crippen molar-refractivity contribution < 1.29 is 23.2 Å². The minimum atomic E-state index is -1.05. The summed E-state index contributed by atoms with van der Waals surface area (Å²) in [6, 6.07) is 8.34. The smallest absolute Gasteiger partial charge is 0.296 e. The number of benzene rings is 2. The lowest BCUT2D eigenvalue weighted by Crippen LogP contribution is -2.25. The molecular weight excluding hydrogens is 330 g/mol. The van der Waals surface area contributed by atoms with Crippen molar-refractivity contribution >= 4 is 29.0 Å². The number of rotatable bonds is 4. The zero-order chi connectivity index (χ0) is 18.0. The summed E-state index contributed by atoms with van der Waals surface area (Å²) in [4.78, 5) is 37.4. The number of carbonyl (C=O) groups excluding carboxylic acids is 3. The Morgan fingerprint density at radius 3 is 2.40 bits per heavy atom. The van der Waals surface area contributed by atoms with Gasteiger partial charge in [-0.1, -0.05) is 0 Å². The topological polar surface area (TPSA) is 66.5 Å². The van der Waals surface area contributed by atoms with E-state index in [1.54, 1.807) is 0 Å². The van der Waals surface area contributed by atoms with Crippen LogP contribution in [0.2, 0.25) is 0 Å². The lowest BCUT2D eigenvalue weighted by Gasteiger charge is -2.17. The molecule has 3 rings (SSSR count). The van der Waals surface area contributed by atoms with Crippen LogP contribution in [0.1, 0.15) is 23.2 Å².